The summed E-state index contributed by atoms with van der Waals surface area (Å²) in [6.45, 7) is 3.18. The SMILES string of the molecule is CCOc1ccc(-c2ccc(CN)cc2)nc1. The van der Waals surface area contributed by atoms with Crippen molar-refractivity contribution in [1.29, 1.82) is 0 Å². The van der Waals surface area contributed by atoms with Gasteiger partial charge in [0.15, 0.2) is 0 Å². The van der Waals surface area contributed by atoms with E-state index in [1.165, 1.54) is 0 Å². The van der Waals surface area contributed by atoms with Gasteiger partial charge in [-0.15, -0.1) is 0 Å². The molecule has 0 aliphatic carbocycles. The fourth-order valence-corrected chi connectivity index (χ4v) is 1.61. The molecule has 2 aromatic rings. The van der Waals surface area contributed by atoms with E-state index in [0.29, 0.717) is 13.2 Å². The molecule has 0 aliphatic heterocycles. The summed E-state index contributed by atoms with van der Waals surface area (Å²) in [5.41, 5.74) is 8.71. The Morgan fingerprint density at radius 3 is 2.41 bits per heavy atom. The number of aromatic nitrogens is 1. The number of hydrogen-bond acceptors (Lipinski definition) is 3. The van der Waals surface area contributed by atoms with Crippen molar-refractivity contribution >= 4 is 0 Å². The average Bonchev–Trinajstić information content (AvgIpc) is 2.40. The molecule has 1 heterocycles. The Morgan fingerprint density at radius 1 is 1.12 bits per heavy atom. The number of pyridine rings is 1. The smallest absolute Gasteiger partial charge is 0.137 e. The van der Waals surface area contributed by atoms with E-state index in [1.807, 2.05) is 43.3 Å². The van der Waals surface area contributed by atoms with E-state index in [-0.39, 0.29) is 0 Å². The molecule has 1 aromatic heterocycles. The molecular weight excluding hydrogens is 212 g/mol. The van der Waals surface area contributed by atoms with Crippen LogP contribution >= 0.6 is 0 Å². The Labute approximate surface area is 101 Å². The normalized spacial score (nSPS) is 10.2. The molecule has 0 aliphatic rings. The van der Waals surface area contributed by atoms with Crippen molar-refractivity contribution in [3.63, 3.8) is 0 Å². The van der Waals surface area contributed by atoms with Crippen LogP contribution in [0.15, 0.2) is 42.6 Å². The molecule has 0 saturated carbocycles. The zero-order chi connectivity index (χ0) is 12.1. The number of rotatable bonds is 4. The highest BCUT2D eigenvalue weighted by molar-refractivity contribution is 5.59. The lowest BCUT2D eigenvalue weighted by Crippen LogP contribution is -1.95. The summed E-state index contributed by atoms with van der Waals surface area (Å²) in [7, 11) is 0. The first kappa shape index (κ1) is 11.6. The quantitative estimate of drug-likeness (QED) is 0.875. The summed E-state index contributed by atoms with van der Waals surface area (Å²) >= 11 is 0. The summed E-state index contributed by atoms with van der Waals surface area (Å²) in [5, 5.41) is 0. The lowest BCUT2D eigenvalue weighted by molar-refractivity contribution is 0.339. The molecule has 0 saturated heterocycles. The van der Waals surface area contributed by atoms with Crippen LogP contribution in [0, 0.1) is 0 Å². The fourth-order valence-electron chi connectivity index (χ4n) is 1.61. The van der Waals surface area contributed by atoms with Crippen LogP contribution in [-0.2, 0) is 6.54 Å². The zero-order valence-electron chi connectivity index (χ0n) is 9.89. The van der Waals surface area contributed by atoms with Gasteiger partial charge in [0, 0.05) is 12.1 Å². The Kier molecular flexibility index (Phi) is 3.73. The number of nitrogens with two attached hydrogens (primary N) is 1. The van der Waals surface area contributed by atoms with Crippen molar-refractivity contribution in [3.05, 3.63) is 48.2 Å². The predicted octanol–water partition coefficient (Wildman–Crippen LogP) is 2.61. The molecular formula is C14H16N2O. The van der Waals surface area contributed by atoms with Gasteiger partial charge < -0.3 is 10.5 Å². The van der Waals surface area contributed by atoms with E-state index in [2.05, 4.69) is 4.98 Å². The summed E-state index contributed by atoms with van der Waals surface area (Å²) in [6.07, 6.45) is 1.75. The Balaban J connectivity index is 2.20. The molecule has 17 heavy (non-hydrogen) atoms. The summed E-state index contributed by atoms with van der Waals surface area (Å²) in [4.78, 5) is 4.37. The van der Waals surface area contributed by atoms with Crippen LogP contribution in [0.2, 0.25) is 0 Å². The number of nitrogens with zero attached hydrogens (tertiary/aromatic N) is 1. The van der Waals surface area contributed by atoms with E-state index in [4.69, 9.17) is 10.5 Å². The monoisotopic (exact) mass is 228 g/mol. The van der Waals surface area contributed by atoms with Crippen LogP contribution in [-0.4, -0.2) is 11.6 Å². The number of hydrogen-bond donors (Lipinski definition) is 1. The first-order valence-corrected chi connectivity index (χ1v) is 5.71. The van der Waals surface area contributed by atoms with Gasteiger partial charge in [0.25, 0.3) is 0 Å². The predicted molar refractivity (Wildman–Crippen MR) is 68.7 cm³/mol. The molecule has 3 nitrogen and oxygen atoms in total. The van der Waals surface area contributed by atoms with E-state index in [9.17, 15) is 0 Å². The summed E-state index contributed by atoms with van der Waals surface area (Å²) in [5.74, 6) is 0.801. The second kappa shape index (κ2) is 5.46. The third kappa shape index (κ3) is 2.82. The van der Waals surface area contributed by atoms with Crippen LogP contribution < -0.4 is 10.5 Å². The zero-order valence-corrected chi connectivity index (χ0v) is 9.89. The van der Waals surface area contributed by atoms with Crippen molar-refractivity contribution in [2.45, 2.75) is 13.5 Å². The number of ether oxygens (including phenoxy) is 1. The van der Waals surface area contributed by atoms with Gasteiger partial charge in [-0.2, -0.15) is 0 Å². The van der Waals surface area contributed by atoms with Gasteiger partial charge in [0.2, 0.25) is 0 Å². The molecule has 2 rings (SSSR count). The molecule has 1 aromatic carbocycles. The first-order valence-electron chi connectivity index (χ1n) is 5.71. The maximum atomic E-state index is 5.56. The van der Waals surface area contributed by atoms with Crippen molar-refractivity contribution in [1.82, 2.24) is 4.98 Å². The molecule has 0 radical (unpaired) electrons. The minimum atomic E-state index is 0.566. The lowest BCUT2D eigenvalue weighted by atomic mass is 10.1. The van der Waals surface area contributed by atoms with Gasteiger partial charge in [0.05, 0.1) is 18.5 Å². The minimum Gasteiger partial charge on any atom is -0.492 e. The molecule has 88 valence electrons. The van der Waals surface area contributed by atoms with E-state index in [0.717, 1.165) is 22.6 Å². The number of benzene rings is 1. The first-order chi connectivity index (χ1) is 8.33. The van der Waals surface area contributed by atoms with Crippen molar-refractivity contribution in [2.24, 2.45) is 5.73 Å². The van der Waals surface area contributed by atoms with Gasteiger partial charge in [-0.05, 0) is 24.6 Å². The van der Waals surface area contributed by atoms with E-state index >= 15 is 0 Å². The van der Waals surface area contributed by atoms with Crippen molar-refractivity contribution in [3.8, 4) is 17.0 Å². The largest absolute Gasteiger partial charge is 0.492 e. The van der Waals surface area contributed by atoms with Crippen LogP contribution in [0.3, 0.4) is 0 Å². The standard InChI is InChI=1S/C14H16N2O/c1-2-17-13-7-8-14(16-10-13)12-5-3-11(9-15)4-6-12/h3-8,10H,2,9,15H2,1H3. The third-order valence-corrected chi connectivity index (χ3v) is 2.53. The average molecular weight is 228 g/mol. The second-order valence-corrected chi connectivity index (χ2v) is 3.71. The Hall–Kier alpha value is -1.87. The van der Waals surface area contributed by atoms with Crippen molar-refractivity contribution < 1.29 is 4.74 Å². The van der Waals surface area contributed by atoms with Crippen molar-refractivity contribution in [2.75, 3.05) is 6.61 Å². The van der Waals surface area contributed by atoms with Crippen LogP contribution in [0.25, 0.3) is 11.3 Å². The Morgan fingerprint density at radius 2 is 1.88 bits per heavy atom. The molecule has 0 atom stereocenters. The molecule has 0 spiro atoms. The van der Waals surface area contributed by atoms with Gasteiger partial charge in [-0.1, -0.05) is 24.3 Å². The third-order valence-electron chi connectivity index (χ3n) is 2.53. The van der Waals surface area contributed by atoms with Crippen LogP contribution in [0.5, 0.6) is 5.75 Å². The van der Waals surface area contributed by atoms with Gasteiger partial charge >= 0.3 is 0 Å². The minimum absolute atomic E-state index is 0.566. The Bertz CT molecular complexity index is 463. The van der Waals surface area contributed by atoms with Gasteiger partial charge in [0.1, 0.15) is 5.75 Å². The molecule has 0 unspecified atom stereocenters. The van der Waals surface area contributed by atoms with E-state index < -0.39 is 0 Å². The maximum Gasteiger partial charge on any atom is 0.137 e. The lowest BCUT2D eigenvalue weighted by Gasteiger charge is -2.05. The molecule has 0 amide bonds. The highest BCUT2D eigenvalue weighted by Crippen LogP contribution is 2.19. The maximum absolute atomic E-state index is 5.56. The van der Waals surface area contributed by atoms with Gasteiger partial charge in [-0.25, -0.2) is 0 Å². The second-order valence-electron chi connectivity index (χ2n) is 3.71. The molecule has 0 bridgehead atoms. The fraction of sp³-hybridized carbons (Fsp3) is 0.214. The van der Waals surface area contributed by atoms with Crippen LogP contribution in [0.4, 0.5) is 0 Å². The highest BCUT2D eigenvalue weighted by atomic mass is 16.5. The highest BCUT2D eigenvalue weighted by Gasteiger charge is 2.00. The van der Waals surface area contributed by atoms with E-state index in [1.54, 1.807) is 6.20 Å². The molecule has 2 N–H and O–H groups in total. The molecule has 0 fully saturated rings. The van der Waals surface area contributed by atoms with Crippen LogP contribution in [0.1, 0.15) is 12.5 Å². The molecule has 3 heteroatoms. The summed E-state index contributed by atoms with van der Waals surface area (Å²) < 4.78 is 5.35. The topological polar surface area (TPSA) is 48.1 Å². The summed E-state index contributed by atoms with van der Waals surface area (Å²) in [6, 6.07) is 12.0. The van der Waals surface area contributed by atoms with Gasteiger partial charge in [-0.3, -0.25) is 4.98 Å².